The molecule has 2 nitrogen and oxygen atoms in total. The molecule has 1 aromatic rings. The Hall–Kier alpha value is -0.540. The maximum Gasteiger partial charge on any atom is 0.125 e. The lowest BCUT2D eigenvalue weighted by atomic mass is 9.86. The molecule has 0 saturated heterocycles. The predicted octanol–water partition coefficient (Wildman–Crippen LogP) is 3.65. The third-order valence-electron chi connectivity index (χ3n) is 3.17. The molecule has 2 rings (SSSR count). The summed E-state index contributed by atoms with van der Waals surface area (Å²) in [6.45, 7) is 2.82. The van der Waals surface area contributed by atoms with Gasteiger partial charge in [-0.2, -0.15) is 0 Å². The van der Waals surface area contributed by atoms with Crippen LogP contribution in [0.5, 0.6) is 5.75 Å². The van der Waals surface area contributed by atoms with Crippen molar-refractivity contribution in [2.24, 2.45) is 11.7 Å². The summed E-state index contributed by atoms with van der Waals surface area (Å²) >= 11 is 3.46. The number of ether oxygens (including phenoxy) is 1. The van der Waals surface area contributed by atoms with Gasteiger partial charge >= 0.3 is 0 Å². The van der Waals surface area contributed by atoms with Crippen molar-refractivity contribution in [3.05, 3.63) is 28.2 Å². The number of benzene rings is 1. The molecule has 0 aromatic heterocycles. The van der Waals surface area contributed by atoms with Crippen LogP contribution < -0.4 is 10.5 Å². The van der Waals surface area contributed by atoms with E-state index in [4.69, 9.17) is 10.5 Å². The van der Waals surface area contributed by atoms with Gasteiger partial charge in [0.05, 0.1) is 6.61 Å². The second-order valence-corrected chi connectivity index (χ2v) is 5.49. The Morgan fingerprint density at radius 1 is 1.50 bits per heavy atom. The molecule has 0 unspecified atom stereocenters. The third kappa shape index (κ3) is 2.77. The van der Waals surface area contributed by atoms with Crippen LogP contribution in [-0.4, -0.2) is 6.61 Å². The molecule has 1 aliphatic carbocycles. The standard InChI is InChI=1S/C13H18BrNO/c1-9(15)12-6-5-11(14)7-13(12)16-8-10-3-2-4-10/h5-7,9-10H,2-4,8,15H2,1H3/t9-/m1/s1. The van der Waals surface area contributed by atoms with Crippen molar-refractivity contribution in [1.82, 2.24) is 0 Å². The van der Waals surface area contributed by atoms with Gasteiger partial charge in [-0.1, -0.05) is 28.4 Å². The molecule has 2 N–H and O–H groups in total. The van der Waals surface area contributed by atoms with Gasteiger partial charge in [-0.25, -0.2) is 0 Å². The van der Waals surface area contributed by atoms with E-state index in [1.54, 1.807) is 0 Å². The number of nitrogens with two attached hydrogens (primary N) is 1. The molecule has 16 heavy (non-hydrogen) atoms. The van der Waals surface area contributed by atoms with Gasteiger partial charge in [-0.3, -0.25) is 0 Å². The van der Waals surface area contributed by atoms with Gasteiger partial charge < -0.3 is 10.5 Å². The zero-order valence-electron chi connectivity index (χ0n) is 9.58. The maximum atomic E-state index is 5.92. The summed E-state index contributed by atoms with van der Waals surface area (Å²) in [5, 5.41) is 0. The molecule has 1 fully saturated rings. The summed E-state index contributed by atoms with van der Waals surface area (Å²) in [7, 11) is 0. The van der Waals surface area contributed by atoms with E-state index >= 15 is 0 Å². The molecule has 0 bridgehead atoms. The third-order valence-corrected chi connectivity index (χ3v) is 3.66. The fourth-order valence-electron chi connectivity index (χ4n) is 1.88. The molecular weight excluding hydrogens is 266 g/mol. The molecule has 88 valence electrons. The molecule has 0 amide bonds. The maximum absolute atomic E-state index is 5.92. The number of hydrogen-bond donors (Lipinski definition) is 1. The summed E-state index contributed by atoms with van der Waals surface area (Å²) in [6, 6.07) is 6.07. The lowest BCUT2D eigenvalue weighted by molar-refractivity contribution is 0.179. The molecule has 0 heterocycles. The molecule has 1 atom stereocenters. The van der Waals surface area contributed by atoms with Crippen LogP contribution in [0.4, 0.5) is 0 Å². The van der Waals surface area contributed by atoms with Crippen molar-refractivity contribution in [2.75, 3.05) is 6.61 Å². The molecule has 1 saturated carbocycles. The van der Waals surface area contributed by atoms with Crippen LogP contribution in [0.25, 0.3) is 0 Å². The monoisotopic (exact) mass is 283 g/mol. The van der Waals surface area contributed by atoms with E-state index in [0.717, 1.165) is 28.3 Å². The van der Waals surface area contributed by atoms with E-state index in [2.05, 4.69) is 15.9 Å². The van der Waals surface area contributed by atoms with Crippen molar-refractivity contribution in [3.8, 4) is 5.75 Å². The van der Waals surface area contributed by atoms with Crippen LogP contribution in [0.15, 0.2) is 22.7 Å². The zero-order valence-corrected chi connectivity index (χ0v) is 11.2. The minimum absolute atomic E-state index is 0.0180. The molecule has 0 radical (unpaired) electrons. The minimum Gasteiger partial charge on any atom is -0.493 e. The van der Waals surface area contributed by atoms with E-state index in [-0.39, 0.29) is 6.04 Å². The van der Waals surface area contributed by atoms with Crippen LogP contribution in [0.1, 0.15) is 37.8 Å². The summed E-state index contributed by atoms with van der Waals surface area (Å²) in [6.07, 6.45) is 3.97. The Morgan fingerprint density at radius 3 is 2.81 bits per heavy atom. The summed E-state index contributed by atoms with van der Waals surface area (Å²) in [4.78, 5) is 0. The van der Waals surface area contributed by atoms with Crippen molar-refractivity contribution < 1.29 is 4.74 Å². The first-order valence-corrected chi connectivity index (χ1v) is 6.64. The van der Waals surface area contributed by atoms with E-state index in [9.17, 15) is 0 Å². The van der Waals surface area contributed by atoms with Crippen LogP contribution in [0.3, 0.4) is 0 Å². The largest absolute Gasteiger partial charge is 0.493 e. The fourth-order valence-corrected chi connectivity index (χ4v) is 2.22. The minimum atomic E-state index is 0.0180. The summed E-state index contributed by atoms with van der Waals surface area (Å²) < 4.78 is 6.92. The average molecular weight is 284 g/mol. The molecule has 1 aliphatic rings. The lowest BCUT2D eigenvalue weighted by Crippen LogP contribution is -2.20. The molecular formula is C13H18BrNO. The van der Waals surface area contributed by atoms with Crippen molar-refractivity contribution in [2.45, 2.75) is 32.2 Å². The van der Waals surface area contributed by atoms with Gasteiger partial charge in [0.25, 0.3) is 0 Å². The molecule has 3 heteroatoms. The average Bonchev–Trinajstić information content (AvgIpc) is 2.14. The van der Waals surface area contributed by atoms with Gasteiger partial charge in [0.2, 0.25) is 0 Å². The molecule has 0 aliphatic heterocycles. The van der Waals surface area contributed by atoms with Gasteiger partial charge in [0, 0.05) is 16.1 Å². The molecule has 0 spiro atoms. The Morgan fingerprint density at radius 2 is 2.25 bits per heavy atom. The van der Waals surface area contributed by atoms with Gasteiger partial charge in [-0.05, 0) is 37.8 Å². The lowest BCUT2D eigenvalue weighted by Gasteiger charge is -2.26. The van der Waals surface area contributed by atoms with Crippen LogP contribution in [-0.2, 0) is 0 Å². The Kier molecular flexibility index (Phi) is 3.87. The quantitative estimate of drug-likeness (QED) is 0.916. The summed E-state index contributed by atoms with van der Waals surface area (Å²) in [5.74, 6) is 1.68. The van der Waals surface area contributed by atoms with Gasteiger partial charge in [-0.15, -0.1) is 0 Å². The Balaban J connectivity index is 2.06. The van der Waals surface area contributed by atoms with E-state index in [0.29, 0.717) is 0 Å². The SMILES string of the molecule is C[C@@H](N)c1ccc(Br)cc1OCC1CCC1. The van der Waals surface area contributed by atoms with E-state index < -0.39 is 0 Å². The second-order valence-electron chi connectivity index (χ2n) is 4.58. The van der Waals surface area contributed by atoms with Crippen LogP contribution >= 0.6 is 15.9 Å². The highest BCUT2D eigenvalue weighted by molar-refractivity contribution is 9.10. The smallest absolute Gasteiger partial charge is 0.125 e. The first-order valence-electron chi connectivity index (χ1n) is 5.84. The Bertz CT molecular complexity index is 361. The fraction of sp³-hybridized carbons (Fsp3) is 0.538. The van der Waals surface area contributed by atoms with Crippen LogP contribution in [0.2, 0.25) is 0 Å². The number of hydrogen-bond acceptors (Lipinski definition) is 2. The number of rotatable bonds is 4. The Labute approximate surface area is 105 Å². The molecule has 1 aromatic carbocycles. The predicted molar refractivity (Wildman–Crippen MR) is 69.6 cm³/mol. The summed E-state index contributed by atoms with van der Waals surface area (Å²) in [5.41, 5.74) is 7.01. The highest BCUT2D eigenvalue weighted by atomic mass is 79.9. The highest BCUT2D eigenvalue weighted by Crippen LogP contribution is 2.31. The van der Waals surface area contributed by atoms with Crippen LogP contribution in [0, 0.1) is 5.92 Å². The van der Waals surface area contributed by atoms with E-state index in [1.165, 1.54) is 19.3 Å². The van der Waals surface area contributed by atoms with Crippen molar-refractivity contribution >= 4 is 15.9 Å². The first-order chi connectivity index (χ1) is 7.66. The zero-order chi connectivity index (χ0) is 11.5. The normalized spacial score (nSPS) is 17.9. The van der Waals surface area contributed by atoms with E-state index in [1.807, 2.05) is 25.1 Å². The van der Waals surface area contributed by atoms with Crippen molar-refractivity contribution in [1.29, 1.82) is 0 Å². The number of halogens is 1. The van der Waals surface area contributed by atoms with Gasteiger partial charge in [0.1, 0.15) is 5.75 Å². The second kappa shape index (κ2) is 5.19. The highest BCUT2D eigenvalue weighted by Gasteiger charge is 2.19. The first kappa shape index (κ1) is 11.9. The topological polar surface area (TPSA) is 35.2 Å². The van der Waals surface area contributed by atoms with Gasteiger partial charge in [0.15, 0.2) is 0 Å². The van der Waals surface area contributed by atoms with Crippen molar-refractivity contribution in [3.63, 3.8) is 0 Å².